The number of rotatable bonds is 7. The first-order chi connectivity index (χ1) is 11.8. The zero-order chi connectivity index (χ0) is 18.4. The van der Waals surface area contributed by atoms with E-state index in [1.54, 1.807) is 50.2 Å². The molecule has 1 heterocycles. The highest BCUT2D eigenvalue weighted by molar-refractivity contribution is 5.91. The average Bonchev–Trinajstić information content (AvgIpc) is 3.06. The van der Waals surface area contributed by atoms with Crippen LogP contribution in [0.15, 0.2) is 40.8 Å². The minimum atomic E-state index is -0.972. The van der Waals surface area contributed by atoms with Crippen LogP contribution in [0.4, 0.5) is 0 Å². The molecule has 2 aromatic rings. The predicted molar refractivity (Wildman–Crippen MR) is 92.1 cm³/mol. The van der Waals surface area contributed by atoms with E-state index in [0.717, 1.165) is 0 Å². The average molecular weight is 342 g/mol. The first-order valence-corrected chi connectivity index (χ1v) is 8.05. The van der Waals surface area contributed by atoms with E-state index in [4.69, 9.17) is 14.4 Å². The van der Waals surface area contributed by atoms with Crippen molar-refractivity contribution in [2.45, 2.75) is 33.0 Å². The molecular weight excluding hydrogens is 320 g/mol. The Morgan fingerprint density at radius 3 is 2.52 bits per heavy atom. The Bertz CT molecular complexity index is 751. The lowest BCUT2D eigenvalue weighted by Gasteiger charge is -2.27. The highest BCUT2D eigenvalue weighted by atomic mass is 16.5. The van der Waals surface area contributed by atoms with Gasteiger partial charge in [0, 0.05) is 13.1 Å². The van der Waals surface area contributed by atoms with Crippen LogP contribution in [0.1, 0.15) is 42.6 Å². The van der Waals surface area contributed by atoms with Crippen molar-refractivity contribution in [1.82, 2.24) is 4.90 Å². The van der Waals surface area contributed by atoms with Gasteiger partial charge in [0.15, 0.2) is 5.76 Å². The van der Waals surface area contributed by atoms with E-state index in [0.29, 0.717) is 23.6 Å². The molecule has 0 unspecified atom stereocenters. The number of nitrogens with zero attached hydrogens (tertiary/aromatic N) is 2. The molecule has 1 aromatic carbocycles. The summed E-state index contributed by atoms with van der Waals surface area (Å²) in [6.07, 6.45) is 0. The number of benzene rings is 1. The Kier molecular flexibility index (Phi) is 5.84. The van der Waals surface area contributed by atoms with Gasteiger partial charge in [-0.05, 0) is 57.2 Å². The van der Waals surface area contributed by atoms with E-state index >= 15 is 0 Å². The van der Waals surface area contributed by atoms with Gasteiger partial charge in [0.1, 0.15) is 18.1 Å². The molecule has 1 amide bonds. The second-order valence-electron chi connectivity index (χ2n) is 6.32. The second kappa shape index (κ2) is 7.86. The smallest absolute Gasteiger partial charge is 0.289 e. The molecule has 0 saturated heterocycles. The van der Waals surface area contributed by atoms with Gasteiger partial charge in [-0.15, -0.1) is 0 Å². The molecule has 1 N–H and O–H groups in total. The molecule has 25 heavy (non-hydrogen) atoms. The number of ether oxygens (including phenoxy) is 1. The summed E-state index contributed by atoms with van der Waals surface area (Å²) in [5, 5.41) is 18.7. The van der Waals surface area contributed by atoms with Gasteiger partial charge in [0.25, 0.3) is 5.91 Å². The maximum Gasteiger partial charge on any atom is 0.289 e. The molecule has 1 aromatic heterocycles. The minimum Gasteiger partial charge on any atom is -0.486 e. The molecule has 0 aliphatic heterocycles. The SMILES string of the molecule is CCN(CC(C)(C)O)C(=O)c1ccc(COc2ccc(C#N)cc2)o1. The van der Waals surface area contributed by atoms with Crippen LogP contribution in [0.25, 0.3) is 0 Å². The highest BCUT2D eigenvalue weighted by Crippen LogP contribution is 2.17. The van der Waals surface area contributed by atoms with E-state index < -0.39 is 5.60 Å². The van der Waals surface area contributed by atoms with Crippen LogP contribution in [0.3, 0.4) is 0 Å². The Hall–Kier alpha value is -2.78. The number of furan rings is 1. The molecule has 0 spiro atoms. The number of carbonyl (C=O) groups excluding carboxylic acids is 1. The number of likely N-dealkylation sites (N-methyl/N-ethyl adjacent to an activating group) is 1. The normalized spacial score (nSPS) is 11.0. The molecule has 0 bridgehead atoms. The lowest BCUT2D eigenvalue weighted by molar-refractivity contribution is 0.0297. The standard InChI is InChI=1S/C19H22N2O4/c1-4-21(13-19(2,3)23)18(22)17-10-9-16(25-17)12-24-15-7-5-14(11-20)6-8-15/h5-10,23H,4,12-13H2,1-3H3. The summed E-state index contributed by atoms with van der Waals surface area (Å²) in [6, 6.07) is 12.1. The van der Waals surface area contributed by atoms with E-state index in [-0.39, 0.29) is 24.8 Å². The van der Waals surface area contributed by atoms with E-state index in [1.165, 1.54) is 4.90 Å². The third-order valence-corrected chi connectivity index (χ3v) is 3.48. The summed E-state index contributed by atoms with van der Waals surface area (Å²) >= 11 is 0. The summed E-state index contributed by atoms with van der Waals surface area (Å²) in [5.41, 5.74) is -0.413. The quantitative estimate of drug-likeness (QED) is 0.836. The summed E-state index contributed by atoms with van der Waals surface area (Å²) in [7, 11) is 0. The first-order valence-electron chi connectivity index (χ1n) is 8.05. The van der Waals surface area contributed by atoms with Gasteiger partial charge in [-0.3, -0.25) is 4.79 Å². The fraction of sp³-hybridized carbons (Fsp3) is 0.368. The van der Waals surface area contributed by atoms with Gasteiger partial charge in [-0.2, -0.15) is 5.26 Å². The van der Waals surface area contributed by atoms with Gasteiger partial charge < -0.3 is 19.2 Å². The summed E-state index contributed by atoms with van der Waals surface area (Å²) in [5.74, 6) is 1.08. The third kappa shape index (κ3) is 5.37. The van der Waals surface area contributed by atoms with Crippen LogP contribution in [-0.4, -0.2) is 34.6 Å². The zero-order valence-corrected chi connectivity index (χ0v) is 14.7. The van der Waals surface area contributed by atoms with Gasteiger partial charge in [0.2, 0.25) is 0 Å². The zero-order valence-electron chi connectivity index (χ0n) is 14.7. The van der Waals surface area contributed by atoms with Crippen LogP contribution in [0, 0.1) is 11.3 Å². The Labute approximate surface area is 147 Å². The van der Waals surface area contributed by atoms with Crippen molar-refractivity contribution in [3.05, 3.63) is 53.5 Å². The molecule has 2 rings (SSSR count). The van der Waals surface area contributed by atoms with Gasteiger partial charge in [0.05, 0.1) is 17.2 Å². The molecular formula is C19H22N2O4. The maximum absolute atomic E-state index is 12.5. The largest absolute Gasteiger partial charge is 0.486 e. The molecule has 132 valence electrons. The number of hydrogen-bond acceptors (Lipinski definition) is 5. The first kappa shape index (κ1) is 18.6. The number of hydrogen-bond donors (Lipinski definition) is 1. The van der Waals surface area contributed by atoms with Crippen molar-refractivity contribution in [3.8, 4) is 11.8 Å². The van der Waals surface area contributed by atoms with Crippen molar-refractivity contribution in [3.63, 3.8) is 0 Å². The Balaban J connectivity index is 1.98. The second-order valence-corrected chi connectivity index (χ2v) is 6.32. The third-order valence-electron chi connectivity index (χ3n) is 3.48. The number of nitriles is 1. The van der Waals surface area contributed by atoms with Crippen molar-refractivity contribution in [2.24, 2.45) is 0 Å². The summed E-state index contributed by atoms with van der Waals surface area (Å²) in [4.78, 5) is 14.0. The summed E-state index contributed by atoms with van der Waals surface area (Å²) in [6.45, 7) is 6.03. The minimum absolute atomic E-state index is 0.177. The van der Waals surface area contributed by atoms with Crippen LogP contribution in [-0.2, 0) is 6.61 Å². The maximum atomic E-state index is 12.5. The molecule has 0 aliphatic rings. The summed E-state index contributed by atoms with van der Waals surface area (Å²) < 4.78 is 11.1. The molecule has 6 heteroatoms. The number of carbonyl (C=O) groups is 1. The Morgan fingerprint density at radius 1 is 1.28 bits per heavy atom. The van der Waals surface area contributed by atoms with Gasteiger partial charge in [-0.1, -0.05) is 0 Å². The lowest BCUT2D eigenvalue weighted by Crippen LogP contribution is -2.42. The fourth-order valence-corrected chi connectivity index (χ4v) is 2.30. The fourth-order valence-electron chi connectivity index (χ4n) is 2.30. The van der Waals surface area contributed by atoms with Crippen molar-refractivity contribution < 1.29 is 19.1 Å². The molecule has 0 radical (unpaired) electrons. The molecule has 0 fully saturated rings. The number of aliphatic hydroxyl groups is 1. The number of amides is 1. The van der Waals surface area contributed by atoms with E-state index in [1.807, 2.05) is 13.0 Å². The lowest BCUT2D eigenvalue weighted by atomic mass is 10.1. The molecule has 0 atom stereocenters. The van der Waals surface area contributed by atoms with Crippen molar-refractivity contribution >= 4 is 5.91 Å². The van der Waals surface area contributed by atoms with Crippen LogP contribution >= 0.6 is 0 Å². The van der Waals surface area contributed by atoms with Crippen molar-refractivity contribution in [1.29, 1.82) is 5.26 Å². The molecule has 0 aliphatic carbocycles. The van der Waals surface area contributed by atoms with E-state index in [9.17, 15) is 9.90 Å². The predicted octanol–water partition coefficient (Wildman–Crippen LogP) is 2.96. The van der Waals surface area contributed by atoms with E-state index in [2.05, 4.69) is 0 Å². The van der Waals surface area contributed by atoms with Crippen LogP contribution in [0.5, 0.6) is 5.75 Å². The van der Waals surface area contributed by atoms with Gasteiger partial charge in [-0.25, -0.2) is 0 Å². The molecule has 0 saturated carbocycles. The topological polar surface area (TPSA) is 86.7 Å². The Morgan fingerprint density at radius 2 is 1.96 bits per heavy atom. The monoisotopic (exact) mass is 342 g/mol. The van der Waals surface area contributed by atoms with Gasteiger partial charge >= 0.3 is 0 Å². The van der Waals surface area contributed by atoms with Crippen LogP contribution < -0.4 is 4.74 Å². The highest BCUT2D eigenvalue weighted by Gasteiger charge is 2.24. The van der Waals surface area contributed by atoms with Crippen LogP contribution in [0.2, 0.25) is 0 Å². The molecule has 6 nitrogen and oxygen atoms in total. The van der Waals surface area contributed by atoms with Crippen molar-refractivity contribution in [2.75, 3.05) is 13.1 Å².